The van der Waals surface area contributed by atoms with E-state index in [0.717, 1.165) is 17.1 Å². The van der Waals surface area contributed by atoms with Gasteiger partial charge in [-0.1, -0.05) is 12.1 Å². The van der Waals surface area contributed by atoms with Crippen LogP contribution in [0.2, 0.25) is 0 Å². The lowest BCUT2D eigenvalue weighted by molar-refractivity contribution is -0.116. The number of rotatable bonds is 5. The highest BCUT2D eigenvalue weighted by atomic mass is 16.1. The fraction of sp³-hybridized carbons (Fsp3) is 0.286. The molecule has 0 saturated carbocycles. The van der Waals surface area contributed by atoms with Crippen LogP contribution >= 0.6 is 0 Å². The van der Waals surface area contributed by atoms with Gasteiger partial charge in [-0.25, -0.2) is 4.98 Å². The minimum atomic E-state index is -0.0116. The van der Waals surface area contributed by atoms with E-state index in [1.165, 1.54) is 0 Å². The number of aryl methyl sites for hydroxylation is 1. The molecule has 0 fully saturated rings. The third kappa shape index (κ3) is 3.42. The van der Waals surface area contributed by atoms with Crippen LogP contribution in [0.25, 0.3) is 11.4 Å². The first-order valence-electron chi connectivity index (χ1n) is 6.28. The fourth-order valence-electron chi connectivity index (χ4n) is 1.87. The zero-order valence-electron chi connectivity index (χ0n) is 11.0. The van der Waals surface area contributed by atoms with Gasteiger partial charge in [0.05, 0.1) is 0 Å². The molecule has 0 aliphatic carbocycles. The third-order valence-corrected chi connectivity index (χ3v) is 2.83. The molecule has 5 nitrogen and oxygen atoms in total. The van der Waals surface area contributed by atoms with Gasteiger partial charge < -0.3 is 15.6 Å². The number of hydrogen-bond acceptors (Lipinski definition) is 3. The Balaban J connectivity index is 2.12. The van der Waals surface area contributed by atoms with Gasteiger partial charge in [-0.05, 0) is 25.1 Å². The van der Waals surface area contributed by atoms with Crippen molar-refractivity contribution in [1.82, 2.24) is 9.55 Å². The first kappa shape index (κ1) is 13.3. The van der Waals surface area contributed by atoms with Gasteiger partial charge in [0.25, 0.3) is 0 Å². The van der Waals surface area contributed by atoms with Crippen molar-refractivity contribution in [2.75, 3.05) is 11.9 Å². The molecule has 2 aromatic rings. The molecule has 19 heavy (non-hydrogen) atoms. The summed E-state index contributed by atoms with van der Waals surface area (Å²) in [5.74, 6) is 0.862. The minimum Gasteiger partial charge on any atom is -0.334 e. The molecule has 1 aromatic heterocycles. The SMILES string of the molecule is Cn1ccnc1-c1cccc(NC(=O)CCCN)c1. The molecule has 0 atom stereocenters. The van der Waals surface area contributed by atoms with Crippen LogP contribution in [0.1, 0.15) is 12.8 Å². The Morgan fingerprint density at radius 3 is 3.00 bits per heavy atom. The van der Waals surface area contributed by atoms with Gasteiger partial charge in [0.15, 0.2) is 0 Å². The number of hydrogen-bond donors (Lipinski definition) is 2. The smallest absolute Gasteiger partial charge is 0.224 e. The Morgan fingerprint density at radius 2 is 2.32 bits per heavy atom. The van der Waals surface area contributed by atoms with E-state index in [2.05, 4.69) is 10.3 Å². The van der Waals surface area contributed by atoms with E-state index in [0.29, 0.717) is 19.4 Å². The van der Waals surface area contributed by atoms with Crippen molar-refractivity contribution >= 4 is 11.6 Å². The lowest BCUT2D eigenvalue weighted by Gasteiger charge is -2.07. The van der Waals surface area contributed by atoms with Crippen molar-refractivity contribution in [2.45, 2.75) is 12.8 Å². The Labute approximate surface area is 112 Å². The average molecular weight is 258 g/mol. The monoisotopic (exact) mass is 258 g/mol. The molecule has 0 radical (unpaired) electrons. The second kappa shape index (κ2) is 6.15. The maximum atomic E-state index is 11.6. The summed E-state index contributed by atoms with van der Waals surface area (Å²) < 4.78 is 1.94. The highest BCUT2D eigenvalue weighted by Gasteiger charge is 2.06. The molecule has 100 valence electrons. The predicted octanol–water partition coefficient (Wildman–Crippen LogP) is 1.76. The van der Waals surface area contributed by atoms with E-state index in [1.807, 2.05) is 42.1 Å². The quantitative estimate of drug-likeness (QED) is 0.858. The molecule has 0 unspecified atom stereocenters. The largest absolute Gasteiger partial charge is 0.334 e. The lowest BCUT2D eigenvalue weighted by atomic mass is 10.2. The van der Waals surface area contributed by atoms with Gasteiger partial charge in [0.2, 0.25) is 5.91 Å². The van der Waals surface area contributed by atoms with E-state index in [1.54, 1.807) is 6.20 Å². The van der Waals surface area contributed by atoms with Crippen LogP contribution in [0, 0.1) is 0 Å². The topological polar surface area (TPSA) is 72.9 Å². The number of anilines is 1. The summed E-state index contributed by atoms with van der Waals surface area (Å²) in [6.07, 6.45) is 4.79. The van der Waals surface area contributed by atoms with Gasteiger partial charge in [-0.3, -0.25) is 4.79 Å². The fourth-order valence-corrected chi connectivity index (χ4v) is 1.87. The van der Waals surface area contributed by atoms with Crippen LogP contribution in [0.15, 0.2) is 36.7 Å². The van der Waals surface area contributed by atoms with E-state index in [9.17, 15) is 4.79 Å². The Morgan fingerprint density at radius 1 is 1.47 bits per heavy atom. The summed E-state index contributed by atoms with van der Waals surface area (Å²) in [4.78, 5) is 15.9. The lowest BCUT2D eigenvalue weighted by Crippen LogP contribution is -2.13. The van der Waals surface area contributed by atoms with E-state index in [4.69, 9.17) is 5.73 Å². The van der Waals surface area contributed by atoms with Gasteiger partial charge >= 0.3 is 0 Å². The number of imidazole rings is 1. The van der Waals surface area contributed by atoms with Crippen LogP contribution in [-0.2, 0) is 11.8 Å². The molecule has 0 aliphatic rings. The molecule has 2 rings (SSSR count). The number of nitrogens with zero attached hydrogens (tertiary/aromatic N) is 2. The standard InChI is InChI=1S/C14H18N4O/c1-18-9-8-16-14(18)11-4-2-5-12(10-11)17-13(19)6-3-7-15/h2,4-5,8-10H,3,6-7,15H2,1H3,(H,17,19). The molecule has 1 amide bonds. The zero-order chi connectivity index (χ0) is 13.7. The first-order valence-corrected chi connectivity index (χ1v) is 6.28. The molecule has 0 saturated heterocycles. The first-order chi connectivity index (χ1) is 9.20. The average Bonchev–Trinajstić information content (AvgIpc) is 2.83. The predicted molar refractivity (Wildman–Crippen MR) is 75.6 cm³/mol. The van der Waals surface area contributed by atoms with Crippen LogP contribution in [-0.4, -0.2) is 22.0 Å². The third-order valence-electron chi connectivity index (χ3n) is 2.83. The maximum Gasteiger partial charge on any atom is 0.224 e. The van der Waals surface area contributed by atoms with Crippen molar-refractivity contribution in [3.63, 3.8) is 0 Å². The molecular weight excluding hydrogens is 240 g/mol. The molecule has 0 spiro atoms. The highest BCUT2D eigenvalue weighted by molar-refractivity contribution is 5.91. The summed E-state index contributed by atoms with van der Waals surface area (Å²) >= 11 is 0. The van der Waals surface area contributed by atoms with Crippen molar-refractivity contribution < 1.29 is 4.79 Å². The van der Waals surface area contributed by atoms with E-state index in [-0.39, 0.29) is 5.91 Å². The molecule has 5 heteroatoms. The molecule has 1 aromatic carbocycles. The summed E-state index contributed by atoms with van der Waals surface area (Å²) in [6.45, 7) is 0.529. The minimum absolute atomic E-state index is 0.0116. The number of benzene rings is 1. The van der Waals surface area contributed by atoms with Crippen LogP contribution in [0.5, 0.6) is 0 Å². The van der Waals surface area contributed by atoms with E-state index < -0.39 is 0 Å². The Kier molecular flexibility index (Phi) is 4.30. The Bertz CT molecular complexity index is 562. The second-order valence-corrected chi connectivity index (χ2v) is 4.38. The number of amides is 1. The number of carbonyl (C=O) groups excluding carboxylic acids is 1. The van der Waals surface area contributed by atoms with Gasteiger partial charge in [-0.2, -0.15) is 0 Å². The normalized spacial score (nSPS) is 10.4. The molecular formula is C14H18N4O. The van der Waals surface area contributed by atoms with Crippen molar-refractivity contribution in [1.29, 1.82) is 0 Å². The van der Waals surface area contributed by atoms with Crippen molar-refractivity contribution in [3.8, 4) is 11.4 Å². The van der Waals surface area contributed by atoms with Crippen LogP contribution in [0.3, 0.4) is 0 Å². The second-order valence-electron chi connectivity index (χ2n) is 4.38. The van der Waals surface area contributed by atoms with Crippen molar-refractivity contribution in [3.05, 3.63) is 36.7 Å². The van der Waals surface area contributed by atoms with Crippen molar-refractivity contribution in [2.24, 2.45) is 12.8 Å². The summed E-state index contributed by atoms with van der Waals surface area (Å²) in [5, 5.41) is 2.87. The molecule has 0 bridgehead atoms. The molecule has 0 aliphatic heterocycles. The molecule has 1 heterocycles. The van der Waals surface area contributed by atoms with Gasteiger partial charge in [-0.15, -0.1) is 0 Å². The highest BCUT2D eigenvalue weighted by Crippen LogP contribution is 2.20. The summed E-state index contributed by atoms with van der Waals surface area (Å²) in [6, 6.07) is 7.66. The summed E-state index contributed by atoms with van der Waals surface area (Å²) in [5.41, 5.74) is 7.14. The number of aromatic nitrogens is 2. The van der Waals surface area contributed by atoms with Gasteiger partial charge in [0.1, 0.15) is 5.82 Å². The molecule has 3 N–H and O–H groups in total. The number of carbonyl (C=O) groups is 1. The van der Waals surface area contributed by atoms with E-state index >= 15 is 0 Å². The van der Waals surface area contributed by atoms with Crippen LogP contribution in [0.4, 0.5) is 5.69 Å². The Hall–Kier alpha value is -2.14. The maximum absolute atomic E-state index is 11.6. The number of nitrogens with one attached hydrogen (secondary N) is 1. The zero-order valence-corrected chi connectivity index (χ0v) is 11.0. The van der Waals surface area contributed by atoms with Crippen LogP contribution < -0.4 is 11.1 Å². The van der Waals surface area contributed by atoms with Gasteiger partial charge in [0, 0.05) is 37.1 Å². The number of nitrogens with two attached hydrogens (primary N) is 1. The summed E-state index contributed by atoms with van der Waals surface area (Å²) in [7, 11) is 1.94.